The Kier molecular flexibility index (Phi) is 8.19. The number of piperazine rings is 1. The van der Waals surface area contributed by atoms with Crippen molar-refractivity contribution in [2.45, 2.75) is 13.1 Å². The van der Waals surface area contributed by atoms with Crippen molar-refractivity contribution in [3.05, 3.63) is 64.9 Å². The second-order valence-corrected chi connectivity index (χ2v) is 6.52. The predicted octanol–water partition coefficient (Wildman–Crippen LogP) is 2.21. The zero-order valence-electron chi connectivity index (χ0n) is 14.8. The van der Waals surface area contributed by atoms with E-state index in [1.165, 1.54) is 11.1 Å². The Morgan fingerprint density at radius 2 is 1.52 bits per heavy atom. The number of nitrogens with zero attached hydrogens (tertiary/aromatic N) is 3. The van der Waals surface area contributed by atoms with Gasteiger partial charge in [-0.2, -0.15) is 0 Å². The SMILES string of the molecule is Clc1ccccc1CN1CCN(Cc2cccnc2)CC1.O=C(O)C(=O)O. The Morgan fingerprint density at radius 3 is 2.04 bits per heavy atom. The molecular weight excluding hydrogens is 370 g/mol. The van der Waals surface area contributed by atoms with Crippen molar-refractivity contribution in [2.75, 3.05) is 26.2 Å². The number of pyridine rings is 1. The summed E-state index contributed by atoms with van der Waals surface area (Å²) in [6.07, 6.45) is 3.78. The largest absolute Gasteiger partial charge is 0.473 e. The van der Waals surface area contributed by atoms with Crippen LogP contribution in [0.5, 0.6) is 0 Å². The molecule has 0 saturated carbocycles. The minimum atomic E-state index is -1.82. The predicted molar refractivity (Wildman–Crippen MR) is 102 cm³/mol. The van der Waals surface area contributed by atoms with Crippen LogP contribution in [-0.2, 0) is 22.7 Å². The molecule has 144 valence electrons. The molecule has 1 aromatic carbocycles. The minimum Gasteiger partial charge on any atom is -0.473 e. The number of hydrogen-bond donors (Lipinski definition) is 2. The van der Waals surface area contributed by atoms with Crippen LogP contribution in [0.2, 0.25) is 5.02 Å². The van der Waals surface area contributed by atoms with Gasteiger partial charge in [0.05, 0.1) is 0 Å². The first kappa shape index (κ1) is 20.8. The van der Waals surface area contributed by atoms with E-state index in [4.69, 9.17) is 31.4 Å². The number of benzene rings is 1. The number of rotatable bonds is 4. The summed E-state index contributed by atoms with van der Waals surface area (Å²) >= 11 is 6.24. The van der Waals surface area contributed by atoms with Gasteiger partial charge in [0.15, 0.2) is 0 Å². The normalized spacial score (nSPS) is 14.9. The molecule has 1 aliphatic heterocycles. The number of carbonyl (C=O) groups is 2. The maximum absolute atomic E-state index is 9.10. The first-order chi connectivity index (χ1) is 13.0. The lowest BCUT2D eigenvalue weighted by Crippen LogP contribution is -2.45. The number of hydrogen-bond acceptors (Lipinski definition) is 5. The molecule has 2 aromatic rings. The van der Waals surface area contributed by atoms with E-state index in [9.17, 15) is 0 Å². The van der Waals surface area contributed by atoms with Crippen LogP contribution in [0.4, 0.5) is 0 Å². The van der Waals surface area contributed by atoms with Crippen LogP contribution in [0.25, 0.3) is 0 Å². The number of halogens is 1. The topological polar surface area (TPSA) is 94.0 Å². The molecule has 1 aliphatic rings. The molecular formula is C19H22ClN3O4. The van der Waals surface area contributed by atoms with Crippen molar-refractivity contribution in [3.63, 3.8) is 0 Å². The van der Waals surface area contributed by atoms with Gasteiger partial charge in [-0.15, -0.1) is 0 Å². The van der Waals surface area contributed by atoms with Crippen LogP contribution in [-0.4, -0.2) is 63.1 Å². The van der Waals surface area contributed by atoms with E-state index < -0.39 is 11.9 Å². The van der Waals surface area contributed by atoms with Gasteiger partial charge in [-0.25, -0.2) is 9.59 Å². The Morgan fingerprint density at radius 1 is 0.926 bits per heavy atom. The third-order valence-corrected chi connectivity index (χ3v) is 4.50. The van der Waals surface area contributed by atoms with E-state index in [0.717, 1.165) is 44.3 Å². The van der Waals surface area contributed by atoms with E-state index in [2.05, 4.69) is 33.0 Å². The van der Waals surface area contributed by atoms with Crippen LogP contribution in [0.15, 0.2) is 48.8 Å². The number of carboxylic acids is 2. The molecule has 1 aromatic heterocycles. The van der Waals surface area contributed by atoms with Crippen molar-refractivity contribution in [3.8, 4) is 0 Å². The van der Waals surface area contributed by atoms with Crippen LogP contribution in [0, 0.1) is 0 Å². The van der Waals surface area contributed by atoms with E-state index in [1.807, 2.05) is 30.6 Å². The molecule has 2 N–H and O–H groups in total. The lowest BCUT2D eigenvalue weighted by atomic mass is 10.2. The van der Waals surface area contributed by atoms with Gasteiger partial charge in [0.1, 0.15) is 0 Å². The smallest absolute Gasteiger partial charge is 0.414 e. The molecule has 7 nitrogen and oxygen atoms in total. The van der Waals surface area contributed by atoms with Gasteiger partial charge in [0, 0.05) is 56.7 Å². The first-order valence-electron chi connectivity index (χ1n) is 8.49. The van der Waals surface area contributed by atoms with E-state index in [0.29, 0.717) is 0 Å². The first-order valence-corrected chi connectivity index (χ1v) is 8.86. The molecule has 0 bridgehead atoms. The highest BCUT2D eigenvalue weighted by Crippen LogP contribution is 2.18. The minimum absolute atomic E-state index is 0.871. The number of aliphatic carboxylic acids is 2. The Balaban J connectivity index is 0.000000380. The standard InChI is InChI=1S/C17H20ClN3.C2H2O4/c18-17-6-2-1-5-16(17)14-21-10-8-20(9-11-21)13-15-4-3-7-19-12-15;3-1(4)2(5)6/h1-7,12H,8-11,13-14H2;(H,3,4)(H,5,6). The highest BCUT2D eigenvalue weighted by molar-refractivity contribution is 6.31. The average Bonchev–Trinajstić information content (AvgIpc) is 2.66. The fourth-order valence-corrected chi connectivity index (χ4v) is 2.92. The molecule has 0 aliphatic carbocycles. The van der Waals surface area contributed by atoms with Crippen LogP contribution in [0.1, 0.15) is 11.1 Å². The Bertz CT molecular complexity index is 738. The molecule has 0 radical (unpaired) electrons. The van der Waals surface area contributed by atoms with Crippen molar-refractivity contribution in [1.82, 2.24) is 14.8 Å². The average molecular weight is 392 g/mol. The van der Waals surface area contributed by atoms with Gasteiger partial charge in [-0.3, -0.25) is 14.8 Å². The van der Waals surface area contributed by atoms with Crippen molar-refractivity contribution >= 4 is 23.5 Å². The van der Waals surface area contributed by atoms with Crippen molar-refractivity contribution < 1.29 is 19.8 Å². The highest BCUT2D eigenvalue weighted by atomic mass is 35.5. The van der Waals surface area contributed by atoms with Crippen LogP contribution >= 0.6 is 11.6 Å². The van der Waals surface area contributed by atoms with Gasteiger partial charge in [0.2, 0.25) is 0 Å². The molecule has 8 heteroatoms. The van der Waals surface area contributed by atoms with Gasteiger partial charge in [-0.05, 0) is 23.3 Å². The summed E-state index contributed by atoms with van der Waals surface area (Å²) < 4.78 is 0. The molecule has 1 saturated heterocycles. The molecule has 0 unspecified atom stereocenters. The lowest BCUT2D eigenvalue weighted by Gasteiger charge is -2.34. The maximum atomic E-state index is 9.10. The summed E-state index contributed by atoms with van der Waals surface area (Å²) in [5, 5.41) is 15.7. The summed E-state index contributed by atoms with van der Waals surface area (Å²) in [6.45, 7) is 6.31. The monoisotopic (exact) mass is 391 g/mol. The summed E-state index contributed by atoms with van der Waals surface area (Å²) in [4.78, 5) is 27.3. The van der Waals surface area contributed by atoms with Crippen LogP contribution < -0.4 is 0 Å². The zero-order valence-corrected chi connectivity index (χ0v) is 15.5. The maximum Gasteiger partial charge on any atom is 0.414 e. The van der Waals surface area contributed by atoms with Crippen molar-refractivity contribution in [2.24, 2.45) is 0 Å². The van der Waals surface area contributed by atoms with Crippen molar-refractivity contribution in [1.29, 1.82) is 0 Å². The van der Waals surface area contributed by atoms with Crippen LogP contribution in [0.3, 0.4) is 0 Å². The second kappa shape index (κ2) is 10.6. The second-order valence-electron chi connectivity index (χ2n) is 6.12. The summed E-state index contributed by atoms with van der Waals surface area (Å²) in [7, 11) is 0. The summed E-state index contributed by atoms with van der Waals surface area (Å²) in [6, 6.07) is 12.3. The lowest BCUT2D eigenvalue weighted by molar-refractivity contribution is -0.159. The van der Waals surface area contributed by atoms with Gasteiger partial charge in [-0.1, -0.05) is 35.9 Å². The molecule has 3 rings (SSSR count). The van der Waals surface area contributed by atoms with E-state index in [-0.39, 0.29) is 0 Å². The molecule has 0 amide bonds. The quantitative estimate of drug-likeness (QED) is 0.771. The highest BCUT2D eigenvalue weighted by Gasteiger charge is 2.17. The zero-order chi connectivity index (χ0) is 19.6. The Labute approximate surface area is 162 Å². The van der Waals surface area contributed by atoms with Gasteiger partial charge < -0.3 is 10.2 Å². The molecule has 0 atom stereocenters. The van der Waals surface area contributed by atoms with Gasteiger partial charge >= 0.3 is 11.9 Å². The summed E-state index contributed by atoms with van der Waals surface area (Å²) in [5.74, 6) is -3.65. The molecule has 0 spiro atoms. The molecule has 2 heterocycles. The molecule has 1 fully saturated rings. The fraction of sp³-hybridized carbons (Fsp3) is 0.316. The fourth-order valence-electron chi connectivity index (χ4n) is 2.72. The number of carboxylic acid groups (broad SMARTS) is 2. The number of aromatic nitrogens is 1. The molecule has 27 heavy (non-hydrogen) atoms. The third kappa shape index (κ3) is 7.34. The van der Waals surface area contributed by atoms with E-state index >= 15 is 0 Å². The third-order valence-electron chi connectivity index (χ3n) is 4.13. The summed E-state index contributed by atoms with van der Waals surface area (Å²) in [5.41, 5.74) is 2.51. The Hall–Kier alpha value is -2.48. The van der Waals surface area contributed by atoms with Gasteiger partial charge in [0.25, 0.3) is 0 Å². The van der Waals surface area contributed by atoms with E-state index in [1.54, 1.807) is 0 Å².